The van der Waals surface area contributed by atoms with Gasteiger partial charge in [-0.3, -0.25) is 4.79 Å². The number of halogens is 3. The van der Waals surface area contributed by atoms with E-state index in [1.54, 1.807) is 19.1 Å². The minimum atomic E-state index is -0.653. The Hall–Kier alpha value is -2.38. The fraction of sp³-hybridized carbons (Fsp3) is 0.250. The number of thiophene rings is 1. The van der Waals surface area contributed by atoms with Gasteiger partial charge >= 0.3 is 0 Å². The summed E-state index contributed by atoms with van der Waals surface area (Å²) in [7, 11) is 1.47. The van der Waals surface area contributed by atoms with Crippen molar-refractivity contribution in [3.8, 4) is 0 Å². The normalized spacial score (nSPS) is 12.3. The highest BCUT2D eigenvalue weighted by molar-refractivity contribution is 7.21. The lowest BCUT2D eigenvalue weighted by Crippen LogP contribution is -2.34. The lowest BCUT2D eigenvalue weighted by atomic mass is 10.1. The molecule has 0 aliphatic rings. The molecule has 0 radical (unpaired) electrons. The number of hydrogen-bond acceptors (Lipinski definition) is 3. The molecular formula is C20H18F3NO2S. The highest BCUT2D eigenvalue weighted by atomic mass is 32.1. The Balaban J connectivity index is 1.85. The van der Waals surface area contributed by atoms with Crippen LogP contribution < -0.4 is 5.32 Å². The van der Waals surface area contributed by atoms with Crippen molar-refractivity contribution in [3.05, 3.63) is 69.9 Å². The number of nitrogens with one attached hydrogen (secondary N) is 1. The van der Waals surface area contributed by atoms with Crippen LogP contribution >= 0.6 is 11.3 Å². The molecule has 2 aromatic carbocycles. The summed E-state index contributed by atoms with van der Waals surface area (Å²) in [6.45, 7) is 1.74. The van der Waals surface area contributed by atoms with Crippen molar-refractivity contribution in [1.82, 2.24) is 5.32 Å². The van der Waals surface area contributed by atoms with Gasteiger partial charge in [-0.2, -0.15) is 0 Å². The summed E-state index contributed by atoms with van der Waals surface area (Å²) in [5.74, 6) is -2.15. The maximum Gasteiger partial charge on any atom is 0.261 e. The minimum Gasteiger partial charge on any atom is -0.380 e. The summed E-state index contributed by atoms with van der Waals surface area (Å²) in [5, 5.41) is 3.10. The molecule has 142 valence electrons. The second kappa shape index (κ2) is 8.10. The molecule has 1 amide bonds. The SMILES string of the molecule is COCc1c(C(=O)NC(C)Cc2c(F)cccc2F)sc2cccc(F)c12. The van der Waals surface area contributed by atoms with Crippen LogP contribution in [0.1, 0.15) is 27.7 Å². The second-order valence-electron chi connectivity index (χ2n) is 6.23. The van der Waals surface area contributed by atoms with E-state index in [0.717, 1.165) is 11.3 Å². The van der Waals surface area contributed by atoms with Crippen molar-refractivity contribution < 1.29 is 22.7 Å². The van der Waals surface area contributed by atoms with E-state index in [1.807, 2.05) is 0 Å². The molecule has 0 aliphatic carbocycles. The summed E-state index contributed by atoms with van der Waals surface area (Å²) in [6.07, 6.45) is 0.00309. The van der Waals surface area contributed by atoms with Gasteiger partial charge in [-0.15, -0.1) is 11.3 Å². The van der Waals surface area contributed by atoms with Gasteiger partial charge in [0, 0.05) is 34.4 Å². The van der Waals surface area contributed by atoms with Crippen LogP contribution in [0.4, 0.5) is 13.2 Å². The number of amides is 1. The topological polar surface area (TPSA) is 38.3 Å². The third-order valence-corrected chi connectivity index (χ3v) is 5.40. The first-order chi connectivity index (χ1) is 12.9. The molecule has 3 nitrogen and oxygen atoms in total. The molecule has 1 atom stereocenters. The van der Waals surface area contributed by atoms with E-state index >= 15 is 0 Å². The summed E-state index contributed by atoms with van der Waals surface area (Å²) >= 11 is 1.16. The predicted octanol–water partition coefficient (Wildman–Crippen LogP) is 4.83. The van der Waals surface area contributed by atoms with Crippen molar-refractivity contribution >= 4 is 27.3 Å². The molecule has 1 heterocycles. The van der Waals surface area contributed by atoms with Crippen LogP contribution in [0.5, 0.6) is 0 Å². The average Bonchev–Trinajstić information content (AvgIpc) is 2.99. The van der Waals surface area contributed by atoms with Crippen LogP contribution in [0.3, 0.4) is 0 Å². The largest absolute Gasteiger partial charge is 0.380 e. The quantitative estimate of drug-likeness (QED) is 0.652. The Bertz CT molecular complexity index is 967. The number of ether oxygens (including phenoxy) is 1. The fourth-order valence-corrected chi connectivity index (χ4v) is 4.13. The smallest absolute Gasteiger partial charge is 0.261 e. The first kappa shape index (κ1) is 19.4. The molecule has 0 saturated heterocycles. The summed E-state index contributed by atoms with van der Waals surface area (Å²) in [5.41, 5.74) is 0.391. The van der Waals surface area contributed by atoms with Gasteiger partial charge in [-0.25, -0.2) is 13.2 Å². The Morgan fingerprint density at radius 2 is 1.70 bits per heavy atom. The zero-order valence-corrected chi connectivity index (χ0v) is 15.6. The number of hydrogen-bond donors (Lipinski definition) is 1. The Morgan fingerprint density at radius 1 is 1.07 bits per heavy atom. The monoisotopic (exact) mass is 393 g/mol. The molecule has 1 aromatic heterocycles. The maximum atomic E-state index is 14.2. The zero-order chi connectivity index (χ0) is 19.6. The highest BCUT2D eigenvalue weighted by Crippen LogP contribution is 2.33. The van der Waals surface area contributed by atoms with Gasteiger partial charge in [0.15, 0.2) is 0 Å². The van der Waals surface area contributed by atoms with Crippen molar-refractivity contribution in [3.63, 3.8) is 0 Å². The van der Waals surface area contributed by atoms with Crippen LogP contribution in [0, 0.1) is 17.5 Å². The summed E-state index contributed by atoms with van der Waals surface area (Å²) in [6, 6.07) is 7.78. The third kappa shape index (κ3) is 3.99. The number of benzene rings is 2. The molecule has 3 aromatic rings. The van der Waals surface area contributed by atoms with Gasteiger partial charge in [-0.1, -0.05) is 12.1 Å². The van der Waals surface area contributed by atoms with E-state index in [0.29, 0.717) is 20.5 Å². The average molecular weight is 393 g/mol. The van der Waals surface area contributed by atoms with Gasteiger partial charge < -0.3 is 10.1 Å². The lowest BCUT2D eigenvalue weighted by molar-refractivity contribution is 0.0939. The van der Waals surface area contributed by atoms with Crippen LogP contribution in [-0.4, -0.2) is 19.1 Å². The molecule has 7 heteroatoms. The van der Waals surface area contributed by atoms with Crippen LogP contribution in [0.25, 0.3) is 10.1 Å². The lowest BCUT2D eigenvalue weighted by Gasteiger charge is -2.15. The van der Waals surface area contributed by atoms with Crippen LogP contribution in [0.2, 0.25) is 0 Å². The molecule has 0 saturated carbocycles. The van der Waals surface area contributed by atoms with Crippen LogP contribution in [-0.2, 0) is 17.8 Å². The van der Waals surface area contributed by atoms with Gasteiger partial charge in [0.05, 0.1) is 11.5 Å². The second-order valence-corrected chi connectivity index (χ2v) is 7.29. The van der Waals surface area contributed by atoms with Crippen LogP contribution in [0.15, 0.2) is 36.4 Å². The van der Waals surface area contributed by atoms with E-state index in [4.69, 9.17) is 4.74 Å². The number of carbonyl (C=O) groups is 1. The van der Waals surface area contributed by atoms with Gasteiger partial charge in [0.2, 0.25) is 0 Å². The summed E-state index contributed by atoms with van der Waals surface area (Å²) < 4.78 is 47.6. The molecule has 0 spiro atoms. The summed E-state index contributed by atoms with van der Waals surface area (Å²) in [4.78, 5) is 13.1. The predicted molar refractivity (Wildman–Crippen MR) is 99.5 cm³/mol. The van der Waals surface area contributed by atoms with Crippen molar-refractivity contribution in [1.29, 1.82) is 0 Å². The van der Waals surface area contributed by atoms with Gasteiger partial charge in [0.1, 0.15) is 17.5 Å². The molecule has 0 fully saturated rings. The third-order valence-electron chi connectivity index (χ3n) is 4.21. The van der Waals surface area contributed by atoms with E-state index in [1.165, 1.54) is 31.4 Å². The van der Waals surface area contributed by atoms with Crippen molar-refractivity contribution in [2.45, 2.75) is 26.0 Å². The molecule has 27 heavy (non-hydrogen) atoms. The standard InChI is InChI=1S/C20H18F3NO2S/c1-11(9-12-14(21)5-3-6-15(12)22)24-20(25)19-13(10-26-2)18-16(23)7-4-8-17(18)27-19/h3-8,11H,9-10H2,1-2H3,(H,24,25). The highest BCUT2D eigenvalue weighted by Gasteiger charge is 2.22. The van der Waals surface area contributed by atoms with Gasteiger partial charge in [-0.05, 0) is 37.6 Å². The first-order valence-corrected chi connectivity index (χ1v) is 9.16. The Labute approximate surface area is 158 Å². The van der Waals surface area contributed by atoms with Gasteiger partial charge in [0.25, 0.3) is 5.91 Å². The van der Waals surface area contributed by atoms with E-state index in [9.17, 15) is 18.0 Å². The molecule has 0 aliphatic heterocycles. The molecule has 0 bridgehead atoms. The van der Waals surface area contributed by atoms with E-state index in [-0.39, 0.29) is 18.6 Å². The molecule has 1 unspecified atom stereocenters. The minimum absolute atomic E-state index is 0.00309. The van der Waals surface area contributed by atoms with E-state index in [2.05, 4.69) is 5.32 Å². The Kier molecular flexibility index (Phi) is 5.82. The fourth-order valence-electron chi connectivity index (χ4n) is 3.01. The van der Waals surface area contributed by atoms with Crippen molar-refractivity contribution in [2.75, 3.05) is 7.11 Å². The molecule has 3 rings (SSSR count). The number of fused-ring (bicyclic) bond motifs is 1. The maximum absolute atomic E-state index is 14.2. The zero-order valence-electron chi connectivity index (χ0n) is 14.8. The number of methoxy groups -OCH3 is 1. The molecular weight excluding hydrogens is 375 g/mol. The van der Waals surface area contributed by atoms with E-state index < -0.39 is 29.4 Å². The Morgan fingerprint density at radius 3 is 2.37 bits per heavy atom. The van der Waals surface area contributed by atoms with Crippen molar-refractivity contribution in [2.24, 2.45) is 0 Å². The number of carbonyl (C=O) groups excluding carboxylic acids is 1. The number of rotatable bonds is 6. The molecule has 1 N–H and O–H groups in total. The first-order valence-electron chi connectivity index (χ1n) is 8.35.